The maximum atomic E-state index is 6.06. The van der Waals surface area contributed by atoms with Gasteiger partial charge in [0.2, 0.25) is 0 Å². The van der Waals surface area contributed by atoms with Crippen molar-refractivity contribution < 1.29 is 0 Å². The summed E-state index contributed by atoms with van der Waals surface area (Å²) >= 11 is 1.78. The summed E-state index contributed by atoms with van der Waals surface area (Å²) in [5, 5.41) is 1.18. The minimum atomic E-state index is 0. The van der Waals surface area contributed by atoms with Gasteiger partial charge in [0.05, 0.1) is 11.4 Å². The molecule has 2 aromatic rings. The lowest BCUT2D eigenvalue weighted by atomic mass is 10.1. The van der Waals surface area contributed by atoms with Crippen LogP contribution in [0.4, 0.5) is 0 Å². The van der Waals surface area contributed by atoms with Gasteiger partial charge in [-0.05, 0) is 11.5 Å². The van der Waals surface area contributed by atoms with Crippen molar-refractivity contribution in [1.29, 1.82) is 0 Å². The number of halogens is 1. The fourth-order valence-electron chi connectivity index (χ4n) is 2.53. The monoisotopic (exact) mass is 309 g/mol. The lowest BCUT2D eigenvalue weighted by molar-refractivity contribution is 0.318. The van der Waals surface area contributed by atoms with Crippen LogP contribution in [-0.4, -0.2) is 29.0 Å². The van der Waals surface area contributed by atoms with Gasteiger partial charge in [-0.2, -0.15) is 0 Å². The summed E-state index contributed by atoms with van der Waals surface area (Å²) in [5.41, 5.74) is 7.31. The Bertz CT molecular complexity index is 533. The third kappa shape index (κ3) is 3.38. The number of thiazole rings is 1. The molecule has 3 rings (SSSR count). The number of nitrogens with two attached hydrogens (primary N) is 1. The molecule has 2 unspecified atom stereocenters. The van der Waals surface area contributed by atoms with Crippen molar-refractivity contribution in [2.24, 2.45) is 11.7 Å². The number of aromatic nitrogens is 1. The van der Waals surface area contributed by atoms with Crippen molar-refractivity contribution in [3.8, 4) is 10.4 Å². The van der Waals surface area contributed by atoms with Crippen LogP contribution in [0.5, 0.6) is 0 Å². The molecule has 0 amide bonds. The van der Waals surface area contributed by atoms with Gasteiger partial charge in [-0.25, -0.2) is 4.98 Å². The summed E-state index contributed by atoms with van der Waals surface area (Å²) in [5.74, 6) is 0.591. The Morgan fingerprint density at radius 1 is 1.30 bits per heavy atom. The molecule has 20 heavy (non-hydrogen) atoms. The quantitative estimate of drug-likeness (QED) is 0.947. The second-order valence-electron chi connectivity index (χ2n) is 5.32. The van der Waals surface area contributed by atoms with E-state index in [9.17, 15) is 0 Å². The Morgan fingerprint density at radius 2 is 2.05 bits per heavy atom. The van der Waals surface area contributed by atoms with E-state index >= 15 is 0 Å². The van der Waals surface area contributed by atoms with E-state index in [1.807, 2.05) is 12.3 Å². The number of likely N-dealkylation sites (tertiary alicyclic amines) is 1. The van der Waals surface area contributed by atoms with Crippen molar-refractivity contribution in [3.63, 3.8) is 0 Å². The molecule has 3 nitrogen and oxygen atoms in total. The molecule has 1 saturated heterocycles. The van der Waals surface area contributed by atoms with Crippen molar-refractivity contribution in [1.82, 2.24) is 9.88 Å². The van der Waals surface area contributed by atoms with Crippen molar-refractivity contribution >= 4 is 23.7 Å². The first kappa shape index (κ1) is 15.4. The maximum Gasteiger partial charge on any atom is 0.107 e. The summed E-state index contributed by atoms with van der Waals surface area (Å²) in [6.45, 7) is 5.22. The normalized spacial score (nSPS) is 22.7. The molecule has 0 radical (unpaired) electrons. The molecule has 2 heterocycles. The molecule has 1 aromatic carbocycles. The number of nitrogens with zero attached hydrogens (tertiary/aromatic N) is 2. The highest BCUT2D eigenvalue weighted by atomic mass is 35.5. The highest BCUT2D eigenvalue weighted by Gasteiger charge is 2.26. The smallest absolute Gasteiger partial charge is 0.107 e. The van der Waals surface area contributed by atoms with E-state index in [4.69, 9.17) is 5.73 Å². The van der Waals surface area contributed by atoms with Crippen LogP contribution in [0.15, 0.2) is 36.5 Å². The van der Waals surface area contributed by atoms with Gasteiger partial charge in [-0.1, -0.05) is 37.3 Å². The van der Waals surface area contributed by atoms with Gasteiger partial charge in [0.1, 0.15) is 5.01 Å². The Labute approximate surface area is 130 Å². The molecule has 0 spiro atoms. The predicted octanol–water partition coefficient (Wildman–Crippen LogP) is 3.01. The van der Waals surface area contributed by atoms with Crippen molar-refractivity contribution in [2.45, 2.75) is 19.5 Å². The van der Waals surface area contributed by atoms with Crippen LogP contribution in [0, 0.1) is 5.92 Å². The van der Waals surface area contributed by atoms with Crippen molar-refractivity contribution in [2.75, 3.05) is 13.1 Å². The van der Waals surface area contributed by atoms with Crippen LogP contribution >= 0.6 is 23.7 Å². The second-order valence-corrected chi connectivity index (χ2v) is 6.43. The minimum absolute atomic E-state index is 0. The molecule has 0 saturated carbocycles. The van der Waals surface area contributed by atoms with Crippen LogP contribution in [0.1, 0.15) is 11.9 Å². The van der Waals surface area contributed by atoms with E-state index in [2.05, 4.69) is 41.1 Å². The van der Waals surface area contributed by atoms with E-state index in [0.29, 0.717) is 12.0 Å². The summed E-state index contributed by atoms with van der Waals surface area (Å²) in [6.07, 6.45) is 1.98. The topological polar surface area (TPSA) is 42.2 Å². The molecule has 2 atom stereocenters. The van der Waals surface area contributed by atoms with Gasteiger partial charge in [0.25, 0.3) is 0 Å². The van der Waals surface area contributed by atoms with E-state index in [-0.39, 0.29) is 12.4 Å². The molecular weight excluding hydrogens is 290 g/mol. The average Bonchev–Trinajstić information content (AvgIpc) is 2.99. The van der Waals surface area contributed by atoms with Gasteiger partial charge in [-0.3, -0.25) is 4.90 Å². The van der Waals surface area contributed by atoms with Gasteiger partial charge in [0, 0.05) is 25.3 Å². The molecule has 5 heteroatoms. The highest BCUT2D eigenvalue weighted by molar-refractivity contribution is 7.15. The van der Waals surface area contributed by atoms with E-state index in [1.54, 1.807) is 11.3 Å². The molecule has 1 aromatic heterocycles. The van der Waals surface area contributed by atoms with Crippen LogP contribution in [0.25, 0.3) is 10.4 Å². The zero-order valence-corrected chi connectivity index (χ0v) is 13.2. The third-order valence-electron chi connectivity index (χ3n) is 3.72. The van der Waals surface area contributed by atoms with E-state index in [1.165, 1.54) is 15.4 Å². The lowest BCUT2D eigenvalue weighted by Gasteiger charge is -2.12. The average molecular weight is 310 g/mol. The van der Waals surface area contributed by atoms with E-state index in [0.717, 1.165) is 19.6 Å². The lowest BCUT2D eigenvalue weighted by Crippen LogP contribution is -2.28. The molecular formula is C15H20ClN3S. The van der Waals surface area contributed by atoms with Gasteiger partial charge < -0.3 is 5.73 Å². The summed E-state index contributed by atoms with van der Waals surface area (Å²) in [7, 11) is 0. The van der Waals surface area contributed by atoms with Gasteiger partial charge in [0.15, 0.2) is 0 Å². The fourth-order valence-corrected chi connectivity index (χ4v) is 3.50. The third-order valence-corrected chi connectivity index (χ3v) is 4.75. The Balaban J connectivity index is 0.00000147. The molecule has 1 aliphatic heterocycles. The SMILES string of the molecule is CC1CN(Cc2ncc(-c3ccccc3)s2)CC1N.Cl. The maximum absolute atomic E-state index is 6.06. The van der Waals surface area contributed by atoms with Gasteiger partial charge in [-0.15, -0.1) is 23.7 Å². The molecule has 108 valence electrons. The standard InChI is InChI=1S/C15H19N3S.ClH/c1-11-8-18(9-13(11)16)10-15-17-7-14(19-15)12-5-3-2-4-6-12;/h2-7,11,13H,8-10,16H2,1H3;1H. The zero-order valence-electron chi connectivity index (χ0n) is 11.5. The zero-order chi connectivity index (χ0) is 13.2. The van der Waals surface area contributed by atoms with E-state index < -0.39 is 0 Å². The van der Waals surface area contributed by atoms with Crippen LogP contribution in [-0.2, 0) is 6.54 Å². The largest absolute Gasteiger partial charge is 0.326 e. The van der Waals surface area contributed by atoms with Crippen LogP contribution < -0.4 is 5.73 Å². The minimum Gasteiger partial charge on any atom is -0.326 e. The van der Waals surface area contributed by atoms with Crippen molar-refractivity contribution in [3.05, 3.63) is 41.5 Å². The number of benzene rings is 1. The summed E-state index contributed by atoms with van der Waals surface area (Å²) in [6, 6.07) is 10.7. The Morgan fingerprint density at radius 3 is 2.70 bits per heavy atom. The molecule has 0 bridgehead atoms. The predicted molar refractivity (Wildman–Crippen MR) is 87.2 cm³/mol. The first-order valence-corrected chi connectivity index (χ1v) is 7.52. The molecule has 1 aliphatic rings. The first-order chi connectivity index (χ1) is 9.22. The summed E-state index contributed by atoms with van der Waals surface area (Å²) < 4.78 is 0. The first-order valence-electron chi connectivity index (χ1n) is 6.70. The van der Waals surface area contributed by atoms with Crippen LogP contribution in [0.2, 0.25) is 0 Å². The van der Waals surface area contributed by atoms with Gasteiger partial charge >= 0.3 is 0 Å². The second kappa shape index (κ2) is 6.68. The molecule has 1 fully saturated rings. The Hall–Kier alpha value is -0.940. The molecule has 0 aliphatic carbocycles. The number of rotatable bonds is 3. The fraction of sp³-hybridized carbons (Fsp3) is 0.400. The molecule has 2 N–H and O–H groups in total. The highest BCUT2D eigenvalue weighted by Crippen LogP contribution is 2.27. The number of hydrogen-bond donors (Lipinski definition) is 1. The number of hydrogen-bond acceptors (Lipinski definition) is 4. The summed E-state index contributed by atoms with van der Waals surface area (Å²) in [4.78, 5) is 8.19. The van der Waals surface area contributed by atoms with Crippen LogP contribution in [0.3, 0.4) is 0 Å². The Kier molecular flexibility index (Phi) is 5.16.